The second-order valence-corrected chi connectivity index (χ2v) is 4.09. The van der Waals surface area contributed by atoms with Gasteiger partial charge in [0.2, 0.25) is 5.13 Å². The first kappa shape index (κ1) is 10.0. The van der Waals surface area contributed by atoms with Crippen molar-refractivity contribution in [2.75, 3.05) is 5.32 Å². The lowest BCUT2D eigenvalue weighted by Crippen LogP contribution is -2.00. The third-order valence-electron chi connectivity index (χ3n) is 1.92. The van der Waals surface area contributed by atoms with Crippen molar-refractivity contribution in [3.8, 4) is 0 Å². The first-order valence-electron chi connectivity index (χ1n) is 4.84. The van der Waals surface area contributed by atoms with Crippen LogP contribution >= 0.6 is 11.3 Å². The number of aryl methyl sites for hydroxylation is 1. The van der Waals surface area contributed by atoms with Crippen LogP contribution in [-0.4, -0.2) is 15.2 Å². The van der Waals surface area contributed by atoms with E-state index >= 15 is 0 Å². The van der Waals surface area contributed by atoms with Crippen LogP contribution in [0.15, 0.2) is 24.4 Å². The normalized spacial score (nSPS) is 10.2. The minimum Gasteiger partial charge on any atom is -0.354 e. The average molecular weight is 220 g/mol. The Kier molecular flexibility index (Phi) is 3.24. The van der Waals surface area contributed by atoms with Crippen molar-refractivity contribution in [3.63, 3.8) is 0 Å². The Morgan fingerprint density at radius 1 is 1.33 bits per heavy atom. The van der Waals surface area contributed by atoms with Gasteiger partial charge in [-0.2, -0.15) is 0 Å². The quantitative estimate of drug-likeness (QED) is 0.857. The third-order valence-corrected chi connectivity index (χ3v) is 2.94. The van der Waals surface area contributed by atoms with Crippen LogP contribution in [0.2, 0.25) is 0 Å². The Morgan fingerprint density at radius 2 is 2.27 bits per heavy atom. The van der Waals surface area contributed by atoms with Gasteiger partial charge in [-0.15, -0.1) is 10.2 Å². The number of anilines is 1. The van der Waals surface area contributed by atoms with Gasteiger partial charge >= 0.3 is 0 Å². The molecule has 0 saturated heterocycles. The lowest BCUT2D eigenvalue weighted by molar-refractivity contribution is 0.967. The molecule has 0 saturated carbocycles. The molecule has 1 N–H and O–H groups in total. The van der Waals surface area contributed by atoms with Gasteiger partial charge in [0.05, 0.1) is 12.2 Å². The van der Waals surface area contributed by atoms with Crippen LogP contribution in [0.5, 0.6) is 0 Å². The molecule has 0 aliphatic carbocycles. The van der Waals surface area contributed by atoms with E-state index in [1.807, 2.05) is 18.2 Å². The smallest absolute Gasteiger partial charge is 0.205 e. The van der Waals surface area contributed by atoms with Crippen molar-refractivity contribution in [2.45, 2.75) is 19.9 Å². The predicted molar refractivity (Wildman–Crippen MR) is 60.9 cm³/mol. The molecule has 0 bridgehead atoms. The van der Waals surface area contributed by atoms with Crippen LogP contribution in [0.25, 0.3) is 0 Å². The number of rotatable bonds is 4. The predicted octanol–water partition coefficient (Wildman–Crippen LogP) is 2.11. The summed E-state index contributed by atoms with van der Waals surface area (Å²) < 4.78 is 0. The van der Waals surface area contributed by atoms with Crippen LogP contribution in [0.4, 0.5) is 5.13 Å². The van der Waals surface area contributed by atoms with E-state index in [0.717, 1.165) is 22.3 Å². The Morgan fingerprint density at radius 3 is 2.93 bits per heavy atom. The summed E-state index contributed by atoms with van der Waals surface area (Å²) in [5.41, 5.74) is 1.01. The van der Waals surface area contributed by atoms with E-state index in [1.165, 1.54) is 0 Å². The van der Waals surface area contributed by atoms with Crippen molar-refractivity contribution in [2.24, 2.45) is 0 Å². The van der Waals surface area contributed by atoms with Crippen LogP contribution in [0.1, 0.15) is 17.6 Å². The van der Waals surface area contributed by atoms with Crippen molar-refractivity contribution >= 4 is 16.5 Å². The van der Waals surface area contributed by atoms with Crippen LogP contribution in [0, 0.1) is 0 Å². The van der Waals surface area contributed by atoms with Crippen molar-refractivity contribution in [1.29, 1.82) is 0 Å². The van der Waals surface area contributed by atoms with Gasteiger partial charge in [0.15, 0.2) is 0 Å². The number of nitrogens with one attached hydrogen (secondary N) is 1. The van der Waals surface area contributed by atoms with Gasteiger partial charge in [-0.3, -0.25) is 4.98 Å². The van der Waals surface area contributed by atoms with Gasteiger partial charge in [-0.1, -0.05) is 24.3 Å². The number of hydrogen-bond acceptors (Lipinski definition) is 5. The van der Waals surface area contributed by atoms with Crippen LogP contribution < -0.4 is 5.32 Å². The van der Waals surface area contributed by atoms with E-state index in [2.05, 4.69) is 27.4 Å². The lowest BCUT2D eigenvalue weighted by atomic mass is 10.3. The van der Waals surface area contributed by atoms with E-state index in [1.54, 1.807) is 17.5 Å². The molecule has 2 aromatic heterocycles. The van der Waals surface area contributed by atoms with Gasteiger partial charge in [-0.25, -0.2) is 0 Å². The third kappa shape index (κ3) is 2.73. The van der Waals surface area contributed by atoms with Gasteiger partial charge < -0.3 is 5.32 Å². The zero-order valence-corrected chi connectivity index (χ0v) is 9.29. The maximum atomic E-state index is 4.21. The number of aromatic nitrogens is 3. The Bertz CT molecular complexity index is 412. The molecule has 78 valence electrons. The largest absolute Gasteiger partial charge is 0.354 e. The highest BCUT2D eigenvalue weighted by Crippen LogP contribution is 2.15. The summed E-state index contributed by atoms with van der Waals surface area (Å²) in [6.07, 6.45) is 2.72. The summed E-state index contributed by atoms with van der Waals surface area (Å²) in [6.45, 7) is 2.77. The molecule has 0 unspecified atom stereocenters. The maximum absolute atomic E-state index is 4.21. The molecule has 4 nitrogen and oxygen atoms in total. The summed E-state index contributed by atoms with van der Waals surface area (Å²) >= 11 is 1.59. The molecule has 0 spiro atoms. The molecule has 0 fully saturated rings. The van der Waals surface area contributed by atoms with Gasteiger partial charge in [-0.05, 0) is 18.6 Å². The zero-order chi connectivity index (χ0) is 10.5. The fraction of sp³-hybridized carbons (Fsp3) is 0.300. The first-order chi connectivity index (χ1) is 7.38. The number of hydrogen-bond donors (Lipinski definition) is 1. The summed E-state index contributed by atoms with van der Waals surface area (Å²) in [7, 11) is 0. The molecule has 0 amide bonds. The SMILES string of the molecule is CCc1nnc(NCc2ccccn2)s1. The molecule has 0 radical (unpaired) electrons. The minimum absolute atomic E-state index is 0.694. The first-order valence-corrected chi connectivity index (χ1v) is 5.66. The lowest BCUT2D eigenvalue weighted by Gasteiger charge is -1.99. The van der Waals surface area contributed by atoms with E-state index in [-0.39, 0.29) is 0 Å². The topological polar surface area (TPSA) is 50.7 Å². The highest BCUT2D eigenvalue weighted by atomic mass is 32.1. The molecule has 0 atom stereocenters. The van der Waals surface area contributed by atoms with Crippen LogP contribution in [0.3, 0.4) is 0 Å². The highest BCUT2D eigenvalue weighted by Gasteiger charge is 2.01. The minimum atomic E-state index is 0.694. The molecule has 0 aromatic carbocycles. The molecule has 2 heterocycles. The van der Waals surface area contributed by atoms with Crippen LogP contribution in [-0.2, 0) is 13.0 Å². The van der Waals surface area contributed by atoms with Gasteiger partial charge in [0, 0.05) is 6.20 Å². The second-order valence-electron chi connectivity index (χ2n) is 3.03. The van der Waals surface area contributed by atoms with Gasteiger partial charge in [0.1, 0.15) is 5.01 Å². The Labute approximate surface area is 92.4 Å². The number of nitrogens with zero attached hydrogens (tertiary/aromatic N) is 3. The van der Waals surface area contributed by atoms with E-state index in [0.29, 0.717) is 6.54 Å². The van der Waals surface area contributed by atoms with Crippen molar-refractivity contribution in [1.82, 2.24) is 15.2 Å². The van der Waals surface area contributed by atoms with E-state index in [4.69, 9.17) is 0 Å². The molecule has 0 aliphatic rings. The van der Waals surface area contributed by atoms with Crippen molar-refractivity contribution in [3.05, 3.63) is 35.1 Å². The summed E-state index contributed by atoms with van der Waals surface area (Å²) in [4.78, 5) is 4.21. The summed E-state index contributed by atoms with van der Waals surface area (Å²) in [5.74, 6) is 0. The fourth-order valence-electron chi connectivity index (χ4n) is 1.14. The average Bonchev–Trinajstić information content (AvgIpc) is 2.76. The van der Waals surface area contributed by atoms with Crippen molar-refractivity contribution < 1.29 is 0 Å². The zero-order valence-electron chi connectivity index (χ0n) is 8.47. The maximum Gasteiger partial charge on any atom is 0.205 e. The van der Waals surface area contributed by atoms with Gasteiger partial charge in [0.25, 0.3) is 0 Å². The molecular formula is C10H12N4S. The Balaban J connectivity index is 1.93. The number of pyridine rings is 1. The molecule has 0 aliphatic heterocycles. The molecular weight excluding hydrogens is 208 g/mol. The van der Waals surface area contributed by atoms with E-state index < -0.39 is 0 Å². The monoisotopic (exact) mass is 220 g/mol. The Hall–Kier alpha value is -1.49. The fourth-order valence-corrected chi connectivity index (χ4v) is 1.81. The molecule has 15 heavy (non-hydrogen) atoms. The standard InChI is InChI=1S/C10H12N4S/c1-2-9-13-14-10(15-9)12-7-8-5-3-4-6-11-8/h3-6H,2,7H2,1H3,(H,12,14). The molecule has 5 heteroatoms. The molecule has 2 rings (SSSR count). The molecule has 2 aromatic rings. The summed E-state index contributed by atoms with van der Waals surface area (Å²) in [5, 5.41) is 13.2. The second kappa shape index (κ2) is 4.84. The highest BCUT2D eigenvalue weighted by molar-refractivity contribution is 7.15. The van der Waals surface area contributed by atoms with E-state index in [9.17, 15) is 0 Å². The summed E-state index contributed by atoms with van der Waals surface area (Å²) in [6, 6.07) is 5.86.